The van der Waals surface area contributed by atoms with E-state index in [1.54, 1.807) is 13.0 Å². The van der Waals surface area contributed by atoms with Crippen LogP contribution in [0.25, 0.3) is 0 Å². The molecule has 1 aliphatic heterocycles. The van der Waals surface area contributed by atoms with Crippen molar-refractivity contribution < 1.29 is 17.9 Å². The Morgan fingerprint density at radius 2 is 2.00 bits per heavy atom. The van der Waals surface area contributed by atoms with Crippen LogP contribution in [0, 0.1) is 12.8 Å². The predicted octanol–water partition coefficient (Wildman–Crippen LogP) is 1.40. The molecular formula is C16H24N2O4S. The van der Waals surface area contributed by atoms with Crippen LogP contribution in [0.1, 0.15) is 28.8 Å². The van der Waals surface area contributed by atoms with Gasteiger partial charge in [0.25, 0.3) is 0 Å². The van der Waals surface area contributed by atoms with Gasteiger partial charge in [0.1, 0.15) is 0 Å². The highest BCUT2D eigenvalue weighted by Crippen LogP contribution is 2.25. The van der Waals surface area contributed by atoms with Crippen LogP contribution in [0.3, 0.4) is 0 Å². The SMILES string of the molecule is CNCC1CCN(S(=O)(=O)c2ccc(C(=O)OC)c(C)c2)CC1. The minimum absolute atomic E-state index is 0.231. The second-order valence-electron chi connectivity index (χ2n) is 5.87. The summed E-state index contributed by atoms with van der Waals surface area (Å²) in [6.45, 7) is 3.70. The van der Waals surface area contributed by atoms with E-state index in [4.69, 9.17) is 0 Å². The number of nitrogens with zero attached hydrogens (tertiary/aromatic N) is 1. The molecule has 1 aliphatic rings. The average Bonchev–Trinajstić information content (AvgIpc) is 2.55. The number of piperidine rings is 1. The smallest absolute Gasteiger partial charge is 0.338 e. The summed E-state index contributed by atoms with van der Waals surface area (Å²) in [6.07, 6.45) is 1.72. The van der Waals surface area contributed by atoms with Crippen LogP contribution in [0.4, 0.5) is 0 Å². The molecule has 6 nitrogen and oxygen atoms in total. The van der Waals surface area contributed by atoms with Gasteiger partial charge in [0, 0.05) is 13.1 Å². The molecule has 0 bridgehead atoms. The summed E-state index contributed by atoms with van der Waals surface area (Å²) in [5.74, 6) is 0.0641. The predicted molar refractivity (Wildman–Crippen MR) is 87.9 cm³/mol. The Morgan fingerprint density at radius 3 is 2.52 bits per heavy atom. The van der Waals surface area contributed by atoms with Crippen molar-refractivity contribution in [3.63, 3.8) is 0 Å². The fourth-order valence-corrected chi connectivity index (χ4v) is 4.48. The molecule has 1 heterocycles. The number of aryl methyl sites for hydroxylation is 1. The lowest BCUT2D eigenvalue weighted by Crippen LogP contribution is -2.40. The number of hydrogen-bond donors (Lipinski definition) is 1. The zero-order chi connectivity index (χ0) is 17.0. The molecule has 7 heteroatoms. The molecule has 0 aromatic heterocycles. The van der Waals surface area contributed by atoms with Gasteiger partial charge in [-0.05, 0) is 63.0 Å². The van der Waals surface area contributed by atoms with Crippen LogP contribution < -0.4 is 5.32 Å². The molecule has 23 heavy (non-hydrogen) atoms. The van der Waals surface area contributed by atoms with E-state index >= 15 is 0 Å². The zero-order valence-corrected chi connectivity index (χ0v) is 14.6. The molecule has 0 unspecified atom stereocenters. The van der Waals surface area contributed by atoms with Crippen molar-refractivity contribution in [3.05, 3.63) is 29.3 Å². The number of carbonyl (C=O) groups is 1. The van der Waals surface area contributed by atoms with Gasteiger partial charge in [-0.1, -0.05) is 0 Å². The lowest BCUT2D eigenvalue weighted by Gasteiger charge is -2.31. The van der Waals surface area contributed by atoms with Gasteiger partial charge in [-0.15, -0.1) is 0 Å². The summed E-state index contributed by atoms with van der Waals surface area (Å²) in [5.41, 5.74) is 0.988. The average molecular weight is 340 g/mol. The van der Waals surface area contributed by atoms with Gasteiger partial charge >= 0.3 is 5.97 Å². The molecule has 1 aromatic rings. The molecule has 0 saturated carbocycles. The number of rotatable bonds is 5. The summed E-state index contributed by atoms with van der Waals surface area (Å²) in [6, 6.07) is 4.54. The van der Waals surface area contributed by atoms with E-state index < -0.39 is 16.0 Å². The van der Waals surface area contributed by atoms with Gasteiger partial charge in [0.05, 0.1) is 17.6 Å². The Morgan fingerprint density at radius 1 is 1.35 bits per heavy atom. The van der Waals surface area contributed by atoms with Crippen molar-refractivity contribution in [2.75, 3.05) is 33.8 Å². The Labute approximate surface area is 137 Å². The third kappa shape index (κ3) is 3.91. The number of methoxy groups -OCH3 is 1. The maximum Gasteiger partial charge on any atom is 0.338 e. The van der Waals surface area contributed by atoms with Gasteiger partial charge in [-0.2, -0.15) is 4.31 Å². The van der Waals surface area contributed by atoms with Crippen LogP contribution in [-0.2, 0) is 14.8 Å². The summed E-state index contributed by atoms with van der Waals surface area (Å²) in [7, 11) is -0.293. The molecule has 128 valence electrons. The van der Waals surface area contributed by atoms with E-state index in [0.717, 1.165) is 19.4 Å². The van der Waals surface area contributed by atoms with E-state index in [9.17, 15) is 13.2 Å². The molecule has 0 radical (unpaired) electrons. The fraction of sp³-hybridized carbons (Fsp3) is 0.562. The molecule has 0 aliphatic carbocycles. The molecule has 1 fully saturated rings. The first-order valence-electron chi connectivity index (χ1n) is 7.74. The quantitative estimate of drug-likeness (QED) is 0.820. The van der Waals surface area contributed by atoms with Crippen LogP contribution in [0.2, 0.25) is 0 Å². The monoisotopic (exact) mass is 340 g/mol. The largest absolute Gasteiger partial charge is 0.465 e. The first-order chi connectivity index (χ1) is 10.9. The molecule has 0 atom stereocenters. The van der Waals surface area contributed by atoms with E-state index in [1.807, 2.05) is 7.05 Å². The van der Waals surface area contributed by atoms with Crippen molar-refractivity contribution in [3.8, 4) is 0 Å². The lowest BCUT2D eigenvalue weighted by molar-refractivity contribution is 0.0600. The van der Waals surface area contributed by atoms with Crippen molar-refractivity contribution in [1.82, 2.24) is 9.62 Å². The second-order valence-corrected chi connectivity index (χ2v) is 7.81. The van der Waals surface area contributed by atoms with Crippen LogP contribution in [0.15, 0.2) is 23.1 Å². The molecule has 0 spiro atoms. The molecular weight excluding hydrogens is 316 g/mol. The normalized spacial score (nSPS) is 17.2. The minimum atomic E-state index is -3.51. The molecule has 1 N–H and O–H groups in total. The molecule has 0 amide bonds. The molecule has 2 rings (SSSR count). The summed E-state index contributed by atoms with van der Waals surface area (Å²) < 4.78 is 31.7. The Balaban J connectivity index is 2.17. The Kier molecular flexibility index (Phi) is 5.78. The summed E-state index contributed by atoms with van der Waals surface area (Å²) in [4.78, 5) is 11.8. The van der Waals surface area contributed by atoms with E-state index in [2.05, 4.69) is 10.1 Å². The van der Waals surface area contributed by atoms with Crippen molar-refractivity contribution in [1.29, 1.82) is 0 Å². The maximum absolute atomic E-state index is 12.7. The number of esters is 1. The highest BCUT2D eigenvalue weighted by Gasteiger charge is 2.29. The second kappa shape index (κ2) is 7.42. The summed E-state index contributed by atoms with van der Waals surface area (Å²) >= 11 is 0. The number of hydrogen-bond acceptors (Lipinski definition) is 5. The van der Waals surface area contributed by atoms with Gasteiger partial charge in [0.2, 0.25) is 10.0 Å². The van der Waals surface area contributed by atoms with Crippen LogP contribution in [0.5, 0.6) is 0 Å². The van der Waals surface area contributed by atoms with E-state index in [1.165, 1.54) is 23.5 Å². The third-order valence-corrected chi connectivity index (χ3v) is 6.20. The standard InChI is InChI=1S/C16H24N2O4S/c1-12-10-14(4-5-15(12)16(19)22-3)23(20,21)18-8-6-13(7-9-18)11-17-2/h4-5,10,13,17H,6-9,11H2,1-3H3. The first kappa shape index (κ1) is 17.9. The Bertz CT molecular complexity index is 665. The maximum atomic E-state index is 12.7. The van der Waals surface area contributed by atoms with Gasteiger partial charge in [0.15, 0.2) is 0 Å². The summed E-state index contributed by atoms with van der Waals surface area (Å²) in [5, 5.41) is 3.14. The van der Waals surface area contributed by atoms with E-state index in [0.29, 0.717) is 30.1 Å². The number of sulfonamides is 1. The zero-order valence-electron chi connectivity index (χ0n) is 13.8. The highest BCUT2D eigenvalue weighted by atomic mass is 32.2. The lowest BCUT2D eigenvalue weighted by atomic mass is 9.98. The van der Waals surface area contributed by atoms with Crippen molar-refractivity contribution in [2.45, 2.75) is 24.7 Å². The van der Waals surface area contributed by atoms with Gasteiger partial charge < -0.3 is 10.1 Å². The minimum Gasteiger partial charge on any atom is -0.465 e. The van der Waals surface area contributed by atoms with Crippen LogP contribution in [-0.4, -0.2) is 52.5 Å². The highest BCUT2D eigenvalue weighted by molar-refractivity contribution is 7.89. The number of benzene rings is 1. The fourth-order valence-electron chi connectivity index (χ4n) is 2.93. The van der Waals surface area contributed by atoms with Crippen LogP contribution >= 0.6 is 0 Å². The number of ether oxygens (including phenoxy) is 1. The molecule has 1 saturated heterocycles. The van der Waals surface area contributed by atoms with Gasteiger partial charge in [-0.25, -0.2) is 13.2 Å². The number of carbonyl (C=O) groups excluding carboxylic acids is 1. The van der Waals surface area contributed by atoms with Crippen molar-refractivity contribution in [2.24, 2.45) is 5.92 Å². The third-order valence-electron chi connectivity index (χ3n) is 4.31. The Hall–Kier alpha value is -1.44. The molecule has 1 aromatic carbocycles. The van der Waals surface area contributed by atoms with Gasteiger partial charge in [-0.3, -0.25) is 0 Å². The first-order valence-corrected chi connectivity index (χ1v) is 9.18. The van der Waals surface area contributed by atoms with E-state index in [-0.39, 0.29) is 4.90 Å². The topological polar surface area (TPSA) is 75.7 Å². The number of nitrogens with one attached hydrogen (secondary N) is 1. The van der Waals surface area contributed by atoms with Crippen molar-refractivity contribution >= 4 is 16.0 Å².